The van der Waals surface area contributed by atoms with Crippen molar-refractivity contribution < 1.29 is 22.4 Å². The van der Waals surface area contributed by atoms with Crippen LogP contribution in [0.15, 0.2) is 75.8 Å². The van der Waals surface area contributed by atoms with E-state index in [1.807, 2.05) is 0 Å². The van der Waals surface area contributed by atoms with Crippen molar-refractivity contribution in [3.63, 3.8) is 0 Å². The van der Waals surface area contributed by atoms with Gasteiger partial charge in [0.2, 0.25) is 0 Å². The summed E-state index contributed by atoms with van der Waals surface area (Å²) in [6.45, 7) is 0. The SMILES string of the molecule is O=C1/C(=C\c2ccc(-c3ccc(Cl)cc3)o2)C(C(F)(F)F)=NN1c1ccc(Cl)cc1. The molecule has 3 aromatic rings. The van der Waals surface area contributed by atoms with E-state index in [0.717, 1.165) is 6.08 Å². The highest BCUT2D eigenvalue weighted by Crippen LogP contribution is 2.34. The molecule has 30 heavy (non-hydrogen) atoms. The average molecular weight is 451 g/mol. The third-order valence-electron chi connectivity index (χ3n) is 4.26. The molecule has 0 spiro atoms. The fraction of sp³-hybridized carbons (Fsp3) is 0.0476. The molecule has 0 aliphatic carbocycles. The number of hydrogen-bond donors (Lipinski definition) is 0. The van der Waals surface area contributed by atoms with E-state index in [-0.39, 0.29) is 11.4 Å². The van der Waals surface area contributed by atoms with Gasteiger partial charge in [-0.15, -0.1) is 0 Å². The molecule has 0 bridgehead atoms. The number of halogens is 5. The Morgan fingerprint density at radius 1 is 0.900 bits per heavy atom. The van der Waals surface area contributed by atoms with E-state index >= 15 is 0 Å². The third-order valence-corrected chi connectivity index (χ3v) is 4.76. The van der Waals surface area contributed by atoms with Crippen LogP contribution in [0.25, 0.3) is 17.4 Å². The number of hydrogen-bond acceptors (Lipinski definition) is 3. The summed E-state index contributed by atoms with van der Waals surface area (Å²) >= 11 is 11.7. The van der Waals surface area contributed by atoms with Crippen LogP contribution in [0.2, 0.25) is 10.0 Å². The topological polar surface area (TPSA) is 45.8 Å². The Hall–Kier alpha value is -3.03. The standard InChI is InChI=1S/C21H11Cl2F3N2O2/c22-13-3-1-12(2-4-13)18-10-9-16(30-18)11-17-19(21(24,25)26)27-28(20(17)29)15-7-5-14(23)6-8-15/h1-11H/b17-11-. The monoisotopic (exact) mass is 450 g/mol. The molecule has 0 saturated carbocycles. The maximum absolute atomic E-state index is 13.5. The van der Waals surface area contributed by atoms with Crippen LogP contribution >= 0.6 is 23.2 Å². The number of hydrazone groups is 1. The van der Waals surface area contributed by atoms with Crippen LogP contribution in [-0.2, 0) is 4.79 Å². The van der Waals surface area contributed by atoms with E-state index in [0.29, 0.717) is 26.4 Å². The smallest absolute Gasteiger partial charge is 0.435 e. The first-order valence-corrected chi connectivity index (χ1v) is 9.31. The minimum atomic E-state index is -4.83. The minimum Gasteiger partial charge on any atom is -0.457 e. The molecule has 1 aliphatic heterocycles. The Labute approximate surface area is 178 Å². The van der Waals surface area contributed by atoms with Crippen LogP contribution in [0.1, 0.15) is 5.76 Å². The number of rotatable bonds is 3. The second-order valence-electron chi connectivity index (χ2n) is 6.31. The van der Waals surface area contributed by atoms with Crippen LogP contribution in [0.4, 0.5) is 18.9 Å². The first kappa shape index (κ1) is 20.3. The molecule has 0 radical (unpaired) electrons. The molecule has 0 fully saturated rings. The molecule has 9 heteroatoms. The molecule has 1 aliphatic rings. The third kappa shape index (κ3) is 3.99. The summed E-state index contributed by atoms with van der Waals surface area (Å²) in [6, 6.07) is 15.6. The van der Waals surface area contributed by atoms with E-state index < -0.39 is 23.4 Å². The van der Waals surface area contributed by atoms with Crippen LogP contribution in [0, 0.1) is 0 Å². The fourth-order valence-corrected chi connectivity index (χ4v) is 3.11. The number of carbonyl (C=O) groups is 1. The van der Waals surface area contributed by atoms with Crippen LogP contribution < -0.4 is 5.01 Å². The Morgan fingerprint density at radius 2 is 1.50 bits per heavy atom. The first-order chi connectivity index (χ1) is 14.2. The predicted molar refractivity (Wildman–Crippen MR) is 110 cm³/mol. The second kappa shape index (κ2) is 7.66. The lowest BCUT2D eigenvalue weighted by molar-refractivity contribution is -0.114. The zero-order valence-corrected chi connectivity index (χ0v) is 16.5. The normalized spacial score (nSPS) is 15.8. The van der Waals surface area contributed by atoms with Crippen molar-refractivity contribution in [2.45, 2.75) is 6.18 Å². The largest absolute Gasteiger partial charge is 0.457 e. The van der Waals surface area contributed by atoms with Gasteiger partial charge in [0.1, 0.15) is 11.5 Å². The van der Waals surface area contributed by atoms with Crippen molar-refractivity contribution >= 4 is 46.6 Å². The molecule has 2 heterocycles. The summed E-state index contributed by atoms with van der Waals surface area (Å²) < 4.78 is 46.2. The van der Waals surface area contributed by atoms with Crippen molar-refractivity contribution in [3.8, 4) is 11.3 Å². The van der Waals surface area contributed by atoms with E-state index in [4.69, 9.17) is 27.6 Å². The van der Waals surface area contributed by atoms with Gasteiger partial charge in [0.15, 0.2) is 5.71 Å². The summed E-state index contributed by atoms with van der Waals surface area (Å²) in [5.41, 5.74) is -1.06. The van der Waals surface area contributed by atoms with Gasteiger partial charge in [0, 0.05) is 15.6 Å². The molecule has 1 amide bonds. The van der Waals surface area contributed by atoms with E-state index in [9.17, 15) is 18.0 Å². The van der Waals surface area contributed by atoms with Gasteiger partial charge in [-0.1, -0.05) is 23.2 Å². The summed E-state index contributed by atoms with van der Waals surface area (Å²) in [5.74, 6) is -0.420. The number of furan rings is 1. The number of benzene rings is 2. The lowest BCUT2D eigenvalue weighted by atomic mass is 10.1. The highest BCUT2D eigenvalue weighted by Gasteiger charge is 2.47. The van der Waals surface area contributed by atoms with Crippen LogP contribution in [0.5, 0.6) is 0 Å². The average Bonchev–Trinajstić information content (AvgIpc) is 3.29. The van der Waals surface area contributed by atoms with Crippen molar-refractivity contribution in [1.82, 2.24) is 0 Å². The van der Waals surface area contributed by atoms with Crippen molar-refractivity contribution in [1.29, 1.82) is 0 Å². The van der Waals surface area contributed by atoms with Gasteiger partial charge in [0.25, 0.3) is 5.91 Å². The molecule has 1 aromatic heterocycles. The summed E-state index contributed by atoms with van der Waals surface area (Å²) in [7, 11) is 0. The van der Waals surface area contributed by atoms with Crippen molar-refractivity contribution in [2.24, 2.45) is 5.10 Å². The molecule has 0 saturated heterocycles. The molecule has 0 unspecified atom stereocenters. The Balaban J connectivity index is 1.71. The zero-order valence-electron chi connectivity index (χ0n) is 15.0. The van der Waals surface area contributed by atoms with Gasteiger partial charge in [-0.3, -0.25) is 4.79 Å². The molecule has 0 N–H and O–H groups in total. The van der Waals surface area contributed by atoms with Gasteiger partial charge in [-0.05, 0) is 66.7 Å². The highest BCUT2D eigenvalue weighted by atomic mass is 35.5. The molecule has 4 rings (SSSR count). The molecular weight excluding hydrogens is 440 g/mol. The predicted octanol–water partition coefficient (Wildman–Crippen LogP) is 6.60. The lowest BCUT2D eigenvalue weighted by Gasteiger charge is -2.11. The quantitative estimate of drug-likeness (QED) is 0.421. The maximum Gasteiger partial charge on any atom is 0.435 e. The molecule has 4 nitrogen and oxygen atoms in total. The first-order valence-electron chi connectivity index (χ1n) is 8.56. The van der Waals surface area contributed by atoms with Gasteiger partial charge in [-0.25, -0.2) is 0 Å². The second-order valence-corrected chi connectivity index (χ2v) is 7.18. The van der Waals surface area contributed by atoms with Crippen molar-refractivity contribution in [2.75, 3.05) is 5.01 Å². The maximum atomic E-state index is 13.5. The number of alkyl halides is 3. The van der Waals surface area contributed by atoms with Gasteiger partial charge in [-0.2, -0.15) is 23.3 Å². The summed E-state index contributed by atoms with van der Waals surface area (Å²) in [6.07, 6.45) is -3.79. The van der Waals surface area contributed by atoms with Crippen LogP contribution in [0.3, 0.4) is 0 Å². The van der Waals surface area contributed by atoms with E-state index in [2.05, 4.69) is 5.10 Å². The Bertz CT molecular complexity index is 1160. The van der Waals surface area contributed by atoms with Gasteiger partial charge < -0.3 is 4.42 Å². The van der Waals surface area contributed by atoms with Crippen molar-refractivity contribution in [3.05, 3.63) is 82.0 Å². The number of carbonyl (C=O) groups excluding carboxylic acids is 1. The Morgan fingerprint density at radius 3 is 2.10 bits per heavy atom. The van der Waals surface area contributed by atoms with Gasteiger partial charge >= 0.3 is 6.18 Å². The number of nitrogens with zero attached hydrogens (tertiary/aromatic N) is 2. The Kier molecular flexibility index (Phi) is 5.17. The molecular formula is C21H11Cl2F3N2O2. The number of anilines is 1. The zero-order chi connectivity index (χ0) is 21.5. The highest BCUT2D eigenvalue weighted by molar-refractivity contribution is 6.34. The fourth-order valence-electron chi connectivity index (χ4n) is 2.85. The molecule has 2 aromatic carbocycles. The van der Waals surface area contributed by atoms with Crippen LogP contribution in [-0.4, -0.2) is 17.8 Å². The number of amides is 1. The summed E-state index contributed by atoms with van der Waals surface area (Å²) in [4.78, 5) is 12.7. The summed E-state index contributed by atoms with van der Waals surface area (Å²) in [5, 5.41) is 5.11. The van der Waals surface area contributed by atoms with E-state index in [1.165, 1.54) is 30.3 Å². The van der Waals surface area contributed by atoms with E-state index in [1.54, 1.807) is 30.3 Å². The van der Waals surface area contributed by atoms with Gasteiger partial charge in [0.05, 0.1) is 11.3 Å². The molecule has 152 valence electrons. The molecule has 0 atom stereocenters. The minimum absolute atomic E-state index is 0.0817. The lowest BCUT2D eigenvalue weighted by Crippen LogP contribution is -2.25.